The van der Waals surface area contributed by atoms with E-state index in [1.807, 2.05) is 30.3 Å². The summed E-state index contributed by atoms with van der Waals surface area (Å²) in [6.45, 7) is 6.95. The molecule has 0 unspecified atom stereocenters. The number of hydrogen-bond donors (Lipinski definition) is 1. The third-order valence-corrected chi connectivity index (χ3v) is 4.01. The van der Waals surface area contributed by atoms with Gasteiger partial charge in [-0.25, -0.2) is 15.0 Å². The minimum atomic E-state index is -1.06. The van der Waals surface area contributed by atoms with E-state index in [0.29, 0.717) is 12.1 Å². The van der Waals surface area contributed by atoms with Gasteiger partial charge in [-0.05, 0) is 33.3 Å². The first kappa shape index (κ1) is 17.1. The zero-order valence-electron chi connectivity index (χ0n) is 14.6. The van der Waals surface area contributed by atoms with Crippen LogP contribution in [-0.2, 0) is 20.7 Å². The summed E-state index contributed by atoms with van der Waals surface area (Å²) < 4.78 is 10.5. The normalized spacial score (nSPS) is 25.0. The van der Waals surface area contributed by atoms with E-state index in [0.717, 1.165) is 10.6 Å². The number of rotatable bonds is 3. The van der Waals surface area contributed by atoms with Crippen LogP contribution in [0.4, 0.5) is 9.59 Å². The molecule has 2 aliphatic rings. The van der Waals surface area contributed by atoms with Crippen LogP contribution in [0.2, 0.25) is 0 Å². The van der Waals surface area contributed by atoms with Crippen LogP contribution in [0.25, 0.3) is 0 Å². The molecular formula is C17H21N3O5. The van der Waals surface area contributed by atoms with Crippen molar-refractivity contribution < 1.29 is 23.9 Å². The average molecular weight is 347 g/mol. The van der Waals surface area contributed by atoms with Gasteiger partial charge in [-0.1, -0.05) is 35.5 Å². The quantitative estimate of drug-likeness (QED) is 0.908. The van der Waals surface area contributed by atoms with Crippen molar-refractivity contribution in [3.8, 4) is 0 Å². The van der Waals surface area contributed by atoms with Crippen molar-refractivity contribution in [2.75, 3.05) is 0 Å². The second kappa shape index (κ2) is 5.94. The van der Waals surface area contributed by atoms with Crippen LogP contribution in [0, 0.1) is 0 Å². The Hall–Kier alpha value is -2.77. The number of carbonyl (C=O) groups excluding carboxylic acids is 2. The van der Waals surface area contributed by atoms with Crippen LogP contribution in [-0.4, -0.2) is 40.3 Å². The summed E-state index contributed by atoms with van der Waals surface area (Å²) in [4.78, 5) is 29.8. The Morgan fingerprint density at radius 2 is 2.04 bits per heavy atom. The summed E-state index contributed by atoms with van der Waals surface area (Å²) in [5, 5.41) is 5.08. The monoisotopic (exact) mass is 347 g/mol. The maximum atomic E-state index is 12.3. The van der Waals surface area contributed by atoms with Crippen LogP contribution < -0.4 is 5.43 Å². The lowest BCUT2D eigenvalue weighted by Gasteiger charge is -2.33. The van der Waals surface area contributed by atoms with Crippen molar-refractivity contribution in [2.24, 2.45) is 5.16 Å². The molecule has 1 N–H and O–H groups in total. The maximum absolute atomic E-state index is 12.3. The molecule has 8 heteroatoms. The Balaban J connectivity index is 1.90. The fourth-order valence-electron chi connectivity index (χ4n) is 2.89. The molecule has 8 nitrogen and oxygen atoms in total. The van der Waals surface area contributed by atoms with Gasteiger partial charge in [-0.2, -0.15) is 5.01 Å². The zero-order chi connectivity index (χ0) is 18.2. The molecule has 0 aromatic heterocycles. The number of hydrogen-bond acceptors (Lipinski definition) is 6. The first-order valence-electron chi connectivity index (χ1n) is 7.98. The minimum Gasteiger partial charge on any atom is -0.443 e. The van der Waals surface area contributed by atoms with E-state index < -0.39 is 29.6 Å². The lowest BCUT2D eigenvalue weighted by molar-refractivity contribution is -0.0901. The predicted octanol–water partition coefficient (Wildman–Crippen LogP) is 2.59. The number of amides is 2. The molecular weight excluding hydrogens is 326 g/mol. The SMILES string of the molecule is CC1=NO[C@H]2OC(=O)N(NC(=O)OC(C)(C)C)[C@@]12Cc1ccccc1. The lowest BCUT2D eigenvalue weighted by atomic mass is 9.86. The Kier molecular flexibility index (Phi) is 4.06. The molecule has 0 aliphatic carbocycles. The second-order valence-electron chi connectivity index (χ2n) is 7.03. The molecule has 2 aliphatic heterocycles. The van der Waals surface area contributed by atoms with Crippen molar-refractivity contribution in [1.29, 1.82) is 0 Å². The molecule has 2 atom stereocenters. The van der Waals surface area contributed by atoms with Gasteiger partial charge in [0.05, 0.1) is 5.71 Å². The number of carbonyl (C=O) groups is 2. The van der Waals surface area contributed by atoms with Crippen LogP contribution in [0.1, 0.15) is 33.3 Å². The number of nitrogens with zero attached hydrogens (tertiary/aromatic N) is 2. The number of ether oxygens (including phenoxy) is 2. The molecule has 0 saturated carbocycles. The highest BCUT2D eigenvalue weighted by molar-refractivity contribution is 5.98. The van der Waals surface area contributed by atoms with Gasteiger partial charge < -0.3 is 14.3 Å². The molecule has 1 fully saturated rings. The van der Waals surface area contributed by atoms with Crippen LogP contribution in [0.3, 0.4) is 0 Å². The fourth-order valence-corrected chi connectivity index (χ4v) is 2.89. The summed E-state index contributed by atoms with van der Waals surface area (Å²) >= 11 is 0. The van der Waals surface area contributed by atoms with Gasteiger partial charge in [0.1, 0.15) is 5.60 Å². The topological polar surface area (TPSA) is 89.5 Å². The van der Waals surface area contributed by atoms with Crippen molar-refractivity contribution in [3.63, 3.8) is 0 Å². The van der Waals surface area contributed by atoms with E-state index in [1.54, 1.807) is 27.7 Å². The predicted molar refractivity (Wildman–Crippen MR) is 88.5 cm³/mol. The van der Waals surface area contributed by atoms with Gasteiger partial charge in [-0.3, -0.25) is 0 Å². The largest absolute Gasteiger partial charge is 0.443 e. The van der Waals surface area contributed by atoms with E-state index in [9.17, 15) is 9.59 Å². The first-order chi connectivity index (χ1) is 11.7. The molecule has 25 heavy (non-hydrogen) atoms. The van der Waals surface area contributed by atoms with Gasteiger partial charge in [-0.15, -0.1) is 0 Å². The molecule has 2 heterocycles. The molecule has 2 amide bonds. The maximum Gasteiger partial charge on any atom is 0.433 e. The lowest BCUT2D eigenvalue weighted by Crippen LogP contribution is -2.62. The summed E-state index contributed by atoms with van der Waals surface area (Å²) in [5.41, 5.74) is 2.20. The van der Waals surface area contributed by atoms with Gasteiger partial charge >= 0.3 is 18.5 Å². The number of hydrazine groups is 1. The first-order valence-corrected chi connectivity index (χ1v) is 7.98. The Morgan fingerprint density at radius 1 is 1.36 bits per heavy atom. The smallest absolute Gasteiger partial charge is 0.433 e. The average Bonchev–Trinajstić information content (AvgIpc) is 2.94. The Labute approximate surface area is 145 Å². The van der Waals surface area contributed by atoms with E-state index in [1.165, 1.54) is 0 Å². The van der Waals surface area contributed by atoms with Gasteiger partial charge in [0, 0.05) is 6.42 Å². The van der Waals surface area contributed by atoms with Crippen molar-refractivity contribution >= 4 is 17.9 Å². The van der Waals surface area contributed by atoms with E-state index in [4.69, 9.17) is 14.3 Å². The summed E-state index contributed by atoms with van der Waals surface area (Å²) in [5.74, 6) is 0. The van der Waals surface area contributed by atoms with Gasteiger partial charge in [0.25, 0.3) is 0 Å². The highest BCUT2D eigenvalue weighted by Gasteiger charge is 2.63. The zero-order valence-corrected chi connectivity index (χ0v) is 14.6. The van der Waals surface area contributed by atoms with Gasteiger partial charge in [0.15, 0.2) is 5.54 Å². The Bertz CT molecular complexity index is 713. The molecule has 3 rings (SSSR count). The van der Waals surface area contributed by atoms with E-state index >= 15 is 0 Å². The van der Waals surface area contributed by atoms with Crippen molar-refractivity contribution in [2.45, 2.75) is 51.5 Å². The summed E-state index contributed by atoms with van der Waals surface area (Å²) in [7, 11) is 0. The standard InChI is InChI=1S/C17H21N3O5/c1-11-17(10-12-8-6-5-7-9-12)13(25-19-11)23-15(22)20(17)18-14(21)24-16(2,3)4/h5-9,13H,10H2,1-4H3,(H,18,21)/t13-,17+/m1/s1. The Morgan fingerprint density at radius 3 is 2.68 bits per heavy atom. The van der Waals surface area contributed by atoms with Crippen LogP contribution in [0.15, 0.2) is 35.5 Å². The number of benzene rings is 1. The summed E-state index contributed by atoms with van der Waals surface area (Å²) in [6, 6.07) is 9.54. The minimum absolute atomic E-state index is 0.370. The molecule has 0 spiro atoms. The number of oxime groups is 1. The molecule has 0 radical (unpaired) electrons. The molecule has 1 saturated heterocycles. The molecule has 1 aromatic carbocycles. The highest BCUT2D eigenvalue weighted by atomic mass is 16.8. The third-order valence-electron chi connectivity index (χ3n) is 4.01. The van der Waals surface area contributed by atoms with Crippen LogP contribution >= 0.6 is 0 Å². The van der Waals surface area contributed by atoms with E-state index in [2.05, 4.69) is 10.6 Å². The van der Waals surface area contributed by atoms with Gasteiger partial charge in [0.2, 0.25) is 0 Å². The second-order valence-corrected chi connectivity index (χ2v) is 7.03. The molecule has 134 valence electrons. The highest BCUT2D eigenvalue weighted by Crippen LogP contribution is 2.39. The van der Waals surface area contributed by atoms with Crippen molar-refractivity contribution in [1.82, 2.24) is 10.4 Å². The summed E-state index contributed by atoms with van der Waals surface area (Å²) in [6.07, 6.45) is -2.04. The van der Waals surface area contributed by atoms with E-state index in [-0.39, 0.29) is 0 Å². The van der Waals surface area contributed by atoms with Crippen LogP contribution in [0.5, 0.6) is 0 Å². The van der Waals surface area contributed by atoms with Crippen molar-refractivity contribution in [3.05, 3.63) is 35.9 Å². The number of fused-ring (bicyclic) bond motifs is 1. The molecule has 1 aromatic rings. The third kappa shape index (κ3) is 3.11. The molecule has 0 bridgehead atoms. The number of nitrogens with one attached hydrogen (secondary N) is 1. The fraction of sp³-hybridized carbons (Fsp3) is 0.471.